The van der Waals surface area contributed by atoms with Crippen LogP contribution in [0.5, 0.6) is 5.75 Å². The zero-order valence-corrected chi connectivity index (χ0v) is 21.6. The third kappa shape index (κ3) is 6.60. The zero-order chi connectivity index (χ0) is 27.1. The van der Waals surface area contributed by atoms with E-state index in [2.05, 4.69) is 10.6 Å². The molecule has 192 valence electrons. The number of anilines is 2. The van der Waals surface area contributed by atoms with E-state index in [1.807, 2.05) is 48.5 Å². The van der Waals surface area contributed by atoms with Gasteiger partial charge in [0.05, 0.1) is 12.7 Å². The van der Waals surface area contributed by atoms with Crippen LogP contribution in [0.15, 0.2) is 102 Å². The minimum Gasteiger partial charge on any atom is -0.497 e. The monoisotopic (exact) mass is 526 g/mol. The fourth-order valence-corrected chi connectivity index (χ4v) is 4.80. The molecule has 0 saturated carbocycles. The van der Waals surface area contributed by atoms with Crippen molar-refractivity contribution in [3.8, 4) is 5.75 Å². The standard InChI is InChI=1S/C30H26N2O5S/c1-19-11-12-22(30(35)36)17-26(19)32-29(34)27(20-7-4-3-5-8-20)38-25-10-6-9-23(18-25)31-28(33)21-13-15-24(37-2)16-14-21/h3-18,27H,1-2H3,(H,31,33)(H,32,34)(H,35,36). The van der Waals surface area contributed by atoms with E-state index >= 15 is 0 Å². The number of carboxylic acid groups (broad SMARTS) is 1. The van der Waals surface area contributed by atoms with Crippen molar-refractivity contribution >= 4 is 40.9 Å². The van der Waals surface area contributed by atoms with Crippen LogP contribution in [0.3, 0.4) is 0 Å². The van der Waals surface area contributed by atoms with Crippen molar-refractivity contribution < 1.29 is 24.2 Å². The van der Waals surface area contributed by atoms with Crippen LogP contribution in [-0.4, -0.2) is 30.0 Å². The summed E-state index contributed by atoms with van der Waals surface area (Å²) in [5.41, 5.74) is 3.16. The van der Waals surface area contributed by atoms with Crippen molar-refractivity contribution in [3.63, 3.8) is 0 Å². The number of rotatable bonds is 9. The lowest BCUT2D eigenvalue weighted by Crippen LogP contribution is -2.20. The van der Waals surface area contributed by atoms with Gasteiger partial charge >= 0.3 is 5.97 Å². The van der Waals surface area contributed by atoms with Crippen molar-refractivity contribution in [2.75, 3.05) is 17.7 Å². The van der Waals surface area contributed by atoms with E-state index in [0.717, 1.165) is 16.0 Å². The Morgan fingerprint density at radius 1 is 0.816 bits per heavy atom. The Morgan fingerprint density at radius 3 is 2.21 bits per heavy atom. The maximum atomic E-state index is 13.5. The second-order valence-electron chi connectivity index (χ2n) is 8.44. The highest BCUT2D eigenvalue weighted by atomic mass is 32.2. The van der Waals surface area contributed by atoms with Gasteiger partial charge in [-0.05, 0) is 72.6 Å². The number of hydrogen-bond donors (Lipinski definition) is 3. The SMILES string of the molecule is COc1ccc(C(=O)Nc2cccc(SC(C(=O)Nc3cc(C(=O)O)ccc3C)c3ccccc3)c2)cc1. The van der Waals surface area contributed by atoms with Crippen LogP contribution in [-0.2, 0) is 4.79 Å². The summed E-state index contributed by atoms with van der Waals surface area (Å²) in [7, 11) is 1.56. The number of carboxylic acids is 1. The van der Waals surface area contributed by atoms with Crippen molar-refractivity contribution in [2.24, 2.45) is 0 Å². The van der Waals surface area contributed by atoms with Gasteiger partial charge in [0, 0.05) is 21.8 Å². The Kier molecular flexibility index (Phi) is 8.45. The molecule has 0 aliphatic rings. The largest absolute Gasteiger partial charge is 0.497 e. The average Bonchev–Trinajstić information content (AvgIpc) is 2.93. The Bertz CT molecular complexity index is 1460. The Hall–Kier alpha value is -4.56. The molecule has 7 nitrogen and oxygen atoms in total. The fraction of sp³-hybridized carbons (Fsp3) is 0.100. The maximum Gasteiger partial charge on any atom is 0.335 e. The first-order valence-corrected chi connectivity index (χ1v) is 12.6. The van der Waals surface area contributed by atoms with E-state index in [4.69, 9.17) is 4.74 Å². The van der Waals surface area contributed by atoms with Crippen molar-refractivity contribution in [3.05, 3.63) is 119 Å². The number of hydrogen-bond acceptors (Lipinski definition) is 5. The van der Waals surface area contributed by atoms with Gasteiger partial charge in [0.15, 0.2) is 0 Å². The number of carbonyl (C=O) groups excluding carboxylic acids is 2. The van der Waals surface area contributed by atoms with Gasteiger partial charge in [0.25, 0.3) is 5.91 Å². The van der Waals surface area contributed by atoms with Crippen LogP contribution in [0.4, 0.5) is 11.4 Å². The molecule has 0 saturated heterocycles. The van der Waals surface area contributed by atoms with Crippen LogP contribution in [0.2, 0.25) is 0 Å². The summed E-state index contributed by atoms with van der Waals surface area (Å²) in [6.45, 7) is 1.81. The van der Waals surface area contributed by atoms with Gasteiger partial charge in [-0.2, -0.15) is 0 Å². The van der Waals surface area contributed by atoms with Gasteiger partial charge in [-0.1, -0.05) is 42.5 Å². The molecule has 4 rings (SSSR count). The summed E-state index contributed by atoms with van der Waals surface area (Å²) in [6.07, 6.45) is 0. The molecular formula is C30H26N2O5S. The number of aryl methyl sites for hydroxylation is 1. The average molecular weight is 527 g/mol. The molecule has 0 aromatic heterocycles. The minimum absolute atomic E-state index is 0.0927. The zero-order valence-electron chi connectivity index (χ0n) is 20.8. The van der Waals surface area contributed by atoms with Crippen LogP contribution < -0.4 is 15.4 Å². The van der Waals surface area contributed by atoms with E-state index in [1.54, 1.807) is 50.4 Å². The molecule has 8 heteroatoms. The van der Waals surface area contributed by atoms with Gasteiger partial charge < -0.3 is 20.5 Å². The summed E-state index contributed by atoms with van der Waals surface area (Å²) in [6, 6.07) is 28.0. The third-order valence-electron chi connectivity index (χ3n) is 5.78. The van der Waals surface area contributed by atoms with Crippen molar-refractivity contribution in [1.29, 1.82) is 0 Å². The molecule has 0 fully saturated rings. The predicted octanol–water partition coefficient (Wildman–Crippen LogP) is 6.43. The molecule has 1 atom stereocenters. The molecule has 0 heterocycles. The maximum absolute atomic E-state index is 13.5. The van der Waals surface area contributed by atoms with E-state index in [-0.39, 0.29) is 17.4 Å². The first-order chi connectivity index (χ1) is 18.3. The van der Waals surface area contributed by atoms with Gasteiger partial charge in [-0.25, -0.2) is 4.79 Å². The first-order valence-electron chi connectivity index (χ1n) is 11.8. The highest BCUT2D eigenvalue weighted by Gasteiger charge is 2.23. The Labute approximate surface area is 224 Å². The summed E-state index contributed by atoms with van der Waals surface area (Å²) in [4.78, 5) is 38.4. The summed E-state index contributed by atoms with van der Waals surface area (Å²) < 4.78 is 5.14. The molecular weight excluding hydrogens is 500 g/mol. The van der Waals surface area contributed by atoms with Gasteiger partial charge in [0.1, 0.15) is 11.0 Å². The highest BCUT2D eigenvalue weighted by Crippen LogP contribution is 2.37. The van der Waals surface area contributed by atoms with Gasteiger partial charge in [0.2, 0.25) is 5.91 Å². The number of aromatic carboxylic acids is 1. The lowest BCUT2D eigenvalue weighted by atomic mass is 10.1. The van der Waals surface area contributed by atoms with Crippen LogP contribution in [0.25, 0.3) is 0 Å². The third-order valence-corrected chi connectivity index (χ3v) is 7.03. The Balaban J connectivity index is 1.55. The van der Waals surface area contributed by atoms with E-state index in [9.17, 15) is 19.5 Å². The lowest BCUT2D eigenvalue weighted by molar-refractivity contribution is -0.115. The fourth-order valence-electron chi connectivity index (χ4n) is 3.72. The first kappa shape index (κ1) is 26.5. The second-order valence-corrected chi connectivity index (χ2v) is 9.62. The molecule has 4 aromatic carbocycles. The molecule has 0 spiro atoms. The normalized spacial score (nSPS) is 11.3. The lowest BCUT2D eigenvalue weighted by Gasteiger charge is -2.19. The topological polar surface area (TPSA) is 105 Å². The number of ether oxygens (including phenoxy) is 1. The molecule has 0 aliphatic carbocycles. The number of benzene rings is 4. The summed E-state index contributed by atoms with van der Waals surface area (Å²) in [5, 5.41) is 14.5. The van der Waals surface area contributed by atoms with Crippen molar-refractivity contribution in [2.45, 2.75) is 17.1 Å². The smallest absolute Gasteiger partial charge is 0.335 e. The second kappa shape index (κ2) is 12.1. The molecule has 0 radical (unpaired) electrons. The molecule has 2 amide bonds. The minimum atomic E-state index is -1.07. The van der Waals surface area contributed by atoms with Crippen molar-refractivity contribution in [1.82, 2.24) is 0 Å². The van der Waals surface area contributed by atoms with E-state index in [0.29, 0.717) is 22.7 Å². The molecule has 4 aromatic rings. The molecule has 38 heavy (non-hydrogen) atoms. The highest BCUT2D eigenvalue weighted by molar-refractivity contribution is 8.00. The Morgan fingerprint density at radius 2 is 1.53 bits per heavy atom. The van der Waals surface area contributed by atoms with E-state index < -0.39 is 11.2 Å². The number of carbonyl (C=O) groups is 3. The quantitative estimate of drug-likeness (QED) is 0.217. The summed E-state index contributed by atoms with van der Waals surface area (Å²) >= 11 is 1.33. The molecule has 0 bridgehead atoms. The molecule has 0 aliphatic heterocycles. The predicted molar refractivity (Wildman–Crippen MR) is 149 cm³/mol. The van der Waals surface area contributed by atoms with Crippen LogP contribution >= 0.6 is 11.8 Å². The summed E-state index contributed by atoms with van der Waals surface area (Å²) in [5.74, 6) is -0.960. The van der Waals surface area contributed by atoms with Crippen LogP contribution in [0.1, 0.15) is 37.1 Å². The number of thioether (sulfide) groups is 1. The van der Waals surface area contributed by atoms with Gasteiger partial charge in [-0.3, -0.25) is 9.59 Å². The van der Waals surface area contributed by atoms with Crippen LogP contribution in [0, 0.1) is 6.92 Å². The molecule has 1 unspecified atom stereocenters. The number of nitrogens with one attached hydrogen (secondary N) is 2. The van der Waals surface area contributed by atoms with E-state index in [1.165, 1.54) is 23.9 Å². The number of amides is 2. The number of methoxy groups -OCH3 is 1. The van der Waals surface area contributed by atoms with Gasteiger partial charge in [-0.15, -0.1) is 11.8 Å². The molecule has 3 N–H and O–H groups in total.